The zero-order chi connectivity index (χ0) is 13.4. The van der Waals surface area contributed by atoms with Gasteiger partial charge in [-0.1, -0.05) is 0 Å². The number of aliphatic carboxylic acids is 1. The van der Waals surface area contributed by atoms with Gasteiger partial charge in [0.15, 0.2) is 0 Å². The summed E-state index contributed by atoms with van der Waals surface area (Å²) in [5.41, 5.74) is 0. The lowest BCUT2D eigenvalue weighted by Gasteiger charge is -2.22. The number of urea groups is 1. The van der Waals surface area contributed by atoms with Gasteiger partial charge in [-0.2, -0.15) is 0 Å². The average molecular weight is 246 g/mol. The fourth-order valence-electron chi connectivity index (χ4n) is 1.43. The predicted octanol–water partition coefficient (Wildman–Crippen LogP) is 0.652. The third kappa shape index (κ3) is 8.50. The van der Waals surface area contributed by atoms with Crippen LogP contribution in [0.15, 0.2) is 0 Å². The first-order valence-electron chi connectivity index (χ1n) is 5.74. The summed E-state index contributed by atoms with van der Waals surface area (Å²) >= 11 is 0. The molecule has 0 bridgehead atoms. The molecule has 2 atom stereocenters. The van der Waals surface area contributed by atoms with E-state index in [1.165, 1.54) is 4.90 Å². The van der Waals surface area contributed by atoms with E-state index in [2.05, 4.69) is 5.32 Å². The van der Waals surface area contributed by atoms with Gasteiger partial charge in [-0.25, -0.2) is 4.79 Å². The van der Waals surface area contributed by atoms with Gasteiger partial charge in [-0.05, 0) is 26.7 Å². The Kier molecular flexibility index (Phi) is 7.29. The third-order valence-corrected chi connectivity index (χ3v) is 2.28. The lowest BCUT2D eigenvalue weighted by Crippen LogP contribution is -2.44. The predicted molar refractivity (Wildman–Crippen MR) is 63.8 cm³/mol. The first-order chi connectivity index (χ1) is 7.82. The monoisotopic (exact) mass is 246 g/mol. The summed E-state index contributed by atoms with van der Waals surface area (Å²) in [6.07, 6.45) is 0.717. The van der Waals surface area contributed by atoms with Crippen molar-refractivity contribution < 1.29 is 19.8 Å². The molecular weight excluding hydrogens is 224 g/mol. The molecule has 0 saturated heterocycles. The van der Waals surface area contributed by atoms with Crippen LogP contribution in [0, 0.1) is 0 Å². The quantitative estimate of drug-likeness (QED) is 0.615. The van der Waals surface area contributed by atoms with Crippen LogP contribution in [0.3, 0.4) is 0 Å². The van der Waals surface area contributed by atoms with Crippen molar-refractivity contribution in [3.8, 4) is 0 Å². The number of carbonyl (C=O) groups excluding carboxylic acids is 1. The van der Waals surface area contributed by atoms with Gasteiger partial charge < -0.3 is 20.4 Å². The molecule has 0 radical (unpaired) electrons. The summed E-state index contributed by atoms with van der Waals surface area (Å²) < 4.78 is 0. The Morgan fingerprint density at radius 1 is 1.35 bits per heavy atom. The van der Waals surface area contributed by atoms with E-state index in [0.29, 0.717) is 12.8 Å². The summed E-state index contributed by atoms with van der Waals surface area (Å²) in [7, 11) is 1.60. The van der Waals surface area contributed by atoms with Crippen LogP contribution in [-0.4, -0.2) is 52.9 Å². The Labute approximate surface area is 102 Å². The first kappa shape index (κ1) is 15.7. The summed E-state index contributed by atoms with van der Waals surface area (Å²) in [5.74, 6) is -0.824. The minimum absolute atomic E-state index is 0.0710. The normalized spacial score (nSPS) is 13.9. The standard InChI is InChI=1S/C11H22N2O4/c1-8(5-4-6-10(15)16)12-11(17)13(3)7-9(2)14/h8-9,14H,4-7H2,1-3H3,(H,12,17)(H,15,16). The SMILES string of the molecule is CC(O)CN(C)C(=O)NC(C)CCCC(=O)O. The van der Waals surface area contributed by atoms with Gasteiger partial charge in [0.1, 0.15) is 0 Å². The van der Waals surface area contributed by atoms with Crippen LogP contribution in [0.4, 0.5) is 4.79 Å². The molecule has 0 saturated carbocycles. The third-order valence-electron chi connectivity index (χ3n) is 2.28. The molecule has 0 aromatic carbocycles. The molecule has 0 aliphatic carbocycles. The second-order valence-corrected chi connectivity index (χ2v) is 4.37. The topological polar surface area (TPSA) is 89.9 Å². The highest BCUT2D eigenvalue weighted by molar-refractivity contribution is 5.74. The molecule has 0 heterocycles. The van der Waals surface area contributed by atoms with Crippen molar-refractivity contribution in [2.45, 2.75) is 45.3 Å². The zero-order valence-corrected chi connectivity index (χ0v) is 10.6. The molecule has 0 fully saturated rings. The van der Waals surface area contributed by atoms with Gasteiger partial charge in [0.05, 0.1) is 6.10 Å². The minimum Gasteiger partial charge on any atom is -0.481 e. The lowest BCUT2D eigenvalue weighted by molar-refractivity contribution is -0.137. The maximum atomic E-state index is 11.6. The number of aliphatic hydroxyl groups is 1. The van der Waals surface area contributed by atoms with Crippen molar-refractivity contribution in [1.29, 1.82) is 0 Å². The van der Waals surface area contributed by atoms with Gasteiger partial charge in [-0.15, -0.1) is 0 Å². The fourth-order valence-corrected chi connectivity index (χ4v) is 1.43. The molecule has 17 heavy (non-hydrogen) atoms. The van der Waals surface area contributed by atoms with Gasteiger partial charge in [0.25, 0.3) is 0 Å². The van der Waals surface area contributed by atoms with Crippen LogP contribution in [-0.2, 0) is 4.79 Å². The van der Waals surface area contributed by atoms with Gasteiger partial charge in [-0.3, -0.25) is 4.79 Å². The van der Waals surface area contributed by atoms with Crippen molar-refractivity contribution in [3.63, 3.8) is 0 Å². The molecule has 3 N–H and O–H groups in total. The number of likely N-dealkylation sites (N-methyl/N-ethyl adjacent to an activating group) is 1. The first-order valence-corrected chi connectivity index (χ1v) is 5.74. The largest absolute Gasteiger partial charge is 0.481 e. The number of nitrogens with zero attached hydrogens (tertiary/aromatic N) is 1. The van der Waals surface area contributed by atoms with E-state index in [0.717, 1.165) is 0 Å². The van der Waals surface area contributed by atoms with Crippen molar-refractivity contribution in [1.82, 2.24) is 10.2 Å². The van der Waals surface area contributed by atoms with Gasteiger partial charge in [0.2, 0.25) is 0 Å². The molecule has 6 heteroatoms. The molecule has 6 nitrogen and oxygen atoms in total. The van der Waals surface area contributed by atoms with Gasteiger partial charge in [0, 0.05) is 26.1 Å². The fraction of sp³-hybridized carbons (Fsp3) is 0.818. The number of carboxylic acids is 1. The summed E-state index contributed by atoms with van der Waals surface area (Å²) in [6, 6.07) is -0.327. The molecule has 0 aromatic heterocycles. The summed E-state index contributed by atoms with van der Waals surface area (Å²) in [5, 5.41) is 20.3. The number of nitrogens with one attached hydrogen (secondary N) is 1. The van der Waals surface area contributed by atoms with Crippen molar-refractivity contribution in [2.24, 2.45) is 0 Å². The van der Waals surface area contributed by atoms with Crippen molar-refractivity contribution in [2.75, 3.05) is 13.6 Å². The second kappa shape index (κ2) is 7.89. The molecule has 2 amide bonds. The number of hydrogen-bond donors (Lipinski definition) is 3. The minimum atomic E-state index is -0.824. The van der Waals surface area contributed by atoms with E-state index < -0.39 is 12.1 Å². The van der Waals surface area contributed by atoms with Crippen LogP contribution in [0.5, 0.6) is 0 Å². The highest BCUT2D eigenvalue weighted by atomic mass is 16.4. The molecule has 2 unspecified atom stereocenters. The van der Waals surface area contributed by atoms with E-state index >= 15 is 0 Å². The zero-order valence-electron chi connectivity index (χ0n) is 10.6. The van der Waals surface area contributed by atoms with Crippen LogP contribution >= 0.6 is 0 Å². The van der Waals surface area contributed by atoms with E-state index in [1.807, 2.05) is 6.92 Å². The number of carbonyl (C=O) groups is 2. The molecule has 0 aliphatic rings. The van der Waals surface area contributed by atoms with Crippen molar-refractivity contribution in [3.05, 3.63) is 0 Å². The Hall–Kier alpha value is -1.30. The van der Waals surface area contributed by atoms with E-state index in [1.54, 1.807) is 14.0 Å². The van der Waals surface area contributed by atoms with E-state index in [-0.39, 0.29) is 25.0 Å². The van der Waals surface area contributed by atoms with E-state index in [9.17, 15) is 9.59 Å². The van der Waals surface area contributed by atoms with Crippen LogP contribution in [0.1, 0.15) is 33.1 Å². The number of rotatable bonds is 7. The number of aliphatic hydroxyl groups excluding tert-OH is 1. The Morgan fingerprint density at radius 3 is 2.41 bits per heavy atom. The highest BCUT2D eigenvalue weighted by Gasteiger charge is 2.13. The van der Waals surface area contributed by atoms with Crippen LogP contribution in [0.2, 0.25) is 0 Å². The molecular formula is C11H22N2O4. The van der Waals surface area contributed by atoms with Crippen LogP contribution in [0.25, 0.3) is 0 Å². The summed E-state index contributed by atoms with van der Waals surface area (Å²) in [6.45, 7) is 3.71. The maximum absolute atomic E-state index is 11.6. The Bertz CT molecular complexity index is 256. The smallest absolute Gasteiger partial charge is 0.317 e. The molecule has 0 spiro atoms. The number of hydrogen-bond acceptors (Lipinski definition) is 3. The van der Waals surface area contributed by atoms with E-state index in [4.69, 9.17) is 10.2 Å². The number of carboxylic acid groups (broad SMARTS) is 1. The molecule has 0 rings (SSSR count). The van der Waals surface area contributed by atoms with Crippen molar-refractivity contribution >= 4 is 12.0 Å². The maximum Gasteiger partial charge on any atom is 0.317 e. The van der Waals surface area contributed by atoms with Gasteiger partial charge >= 0.3 is 12.0 Å². The highest BCUT2D eigenvalue weighted by Crippen LogP contribution is 2.01. The molecule has 0 aliphatic heterocycles. The lowest BCUT2D eigenvalue weighted by atomic mass is 10.1. The van der Waals surface area contributed by atoms with Crippen LogP contribution < -0.4 is 5.32 Å². The Morgan fingerprint density at radius 2 is 1.94 bits per heavy atom. The second-order valence-electron chi connectivity index (χ2n) is 4.37. The Balaban J connectivity index is 3.82. The summed E-state index contributed by atoms with van der Waals surface area (Å²) in [4.78, 5) is 23.3. The number of amides is 2. The average Bonchev–Trinajstić information content (AvgIpc) is 2.15. The molecule has 100 valence electrons. The molecule has 0 aromatic rings.